The van der Waals surface area contributed by atoms with Crippen LogP contribution in [0.15, 0.2) is 30.3 Å². The number of benzene rings is 1. The molecule has 6 heteroatoms. The number of sulfone groups is 1. The molecular formula is C18H26N2O3S. The molecule has 0 spiro atoms. The molecule has 2 aliphatic heterocycles. The van der Waals surface area contributed by atoms with E-state index in [4.69, 9.17) is 0 Å². The van der Waals surface area contributed by atoms with Gasteiger partial charge in [0.15, 0.2) is 9.84 Å². The fourth-order valence-corrected chi connectivity index (χ4v) is 5.96. The third-order valence-corrected chi connectivity index (χ3v) is 6.87. The molecule has 2 fully saturated rings. The topological polar surface area (TPSA) is 57.7 Å². The van der Waals surface area contributed by atoms with Crippen LogP contribution in [0.1, 0.15) is 25.3 Å². The Morgan fingerprint density at radius 3 is 2.54 bits per heavy atom. The van der Waals surface area contributed by atoms with Gasteiger partial charge in [-0.2, -0.15) is 0 Å². The lowest BCUT2D eigenvalue weighted by atomic mass is 10.0. The van der Waals surface area contributed by atoms with Gasteiger partial charge >= 0.3 is 0 Å². The Bertz CT molecular complexity index is 675. The summed E-state index contributed by atoms with van der Waals surface area (Å²) in [5.41, 5.74) is 1.31. The van der Waals surface area contributed by atoms with Crippen LogP contribution < -0.4 is 0 Å². The highest BCUT2D eigenvalue weighted by Gasteiger charge is 2.47. The van der Waals surface area contributed by atoms with Crippen molar-refractivity contribution in [2.75, 3.05) is 31.1 Å². The zero-order valence-corrected chi connectivity index (χ0v) is 15.0. The van der Waals surface area contributed by atoms with Gasteiger partial charge in [0, 0.05) is 25.6 Å². The van der Waals surface area contributed by atoms with Gasteiger partial charge in [0.2, 0.25) is 5.91 Å². The number of hydrogen-bond donors (Lipinski definition) is 0. The molecule has 0 N–H and O–H groups in total. The van der Waals surface area contributed by atoms with Crippen molar-refractivity contribution in [3.63, 3.8) is 0 Å². The summed E-state index contributed by atoms with van der Waals surface area (Å²) in [7, 11) is -3.05. The van der Waals surface area contributed by atoms with Crippen LogP contribution in [0, 0.1) is 0 Å². The summed E-state index contributed by atoms with van der Waals surface area (Å²) >= 11 is 0. The molecule has 2 atom stereocenters. The summed E-state index contributed by atoms with van der Waals surface area (Å²) in [6.45, 7) is 4.15. The van der Waals surface area contributed by atoms with Crippen molar-refractivity contribution >= 4 is 15.7 Å². The number of hydrogen-bond acceptors (Lipinski definition) is 4. The van der Waals surface area contributed by atoms with Gasteiger partial charge in [-0.3, -0.25) is 9.69 Å². The molecule has 24 heavy (non-hydrogen) atoms. The number of fused-ring (bicyclic) bond motifs is 1. The molecule has 0 bridgehead atoms. The largest absolute Gasteiger partial charge is 0.336 e. The highest BCUT2D eigenvalue weighted by molar-refractivity contribution is 7.91. The van der Waals surface area contributed by atoms with E-state index in [-0.39, 0.29) is 29.5 Å². The van der Waals surface area contributed by atoms with Crippen LogP contribution >= 0.6 is 0 Å². The minimum absolute atomic E-state index is 0.0324. The van der Waals surface area contributed by atoms with Crippen molar-refractivity contribution < 1.29 is 13.2 Å². The summed E-state index contributed by atoms with van der Waals surface area (Å²) in [5.74, 6) is 0.390. The lowest BCUT2D eigenvalue weighted by molar-refractivity contribution is -0.136. The van der Waals surface area contributed by atoms with Gasteiger partial charge < -0.3 is 4.90 Å². The minimum atomic E-state index is -3.05. The number of nitrogens with zero attached hydrogens (tertiary/aromatic N) is 2. The maximum atomic E-state index is 12.1. The van der Waals surface area contributed by atoms with Gasteiger partial charge in [0.25, 0.3) is 0 Å². The van der Waals surface area contributed by atoms with Crippen LogP contribution in [-0.2, 0) is 21.1 Å². The van der Waals surface area contributed by atoms with E-state index in [1.807, 2.05) is 30.0 Å². The lowest BCUT2D eigenvalue weighted by Crippen LogP contribution is -2.60. The summed E-state index contributed by atoms with van der Waals surface area (Å²) in [6, 6.07) is 10.2. The van der Waals surface area contributed by atoms with Crippen LogP contribution in [0.5, 0.6) is 0 Å². The van der Waals surface area contributed by atoms with Crippen molar-refractivity contribution in [3.05, 3.63) is 35.9 Å². The monoisotopic (exact) mass is 350 g/mol. The average molecular weight is 350 g/mol. The predicted octanol–water partition coefficient (Wildman–Crippen LogP) is 1.34. The first-order valence-corrected chi connectivity index (χ1v) is 10.6. The van der Waals surface area contributed by atoms with Gasteiger partial charge in [0.1, 0.15) is 0 Å². The molecule has 2 unspecified atom stereocenters. The van der Waals surface area contributed by atoms with Crippen LogP contribution in [0.2, 0.25) is 0 Å². The van der Waals surface area contributed by atoms with Gasteiger partial charge in [-0.05, 0) is 24.9 Å². The zero-order valence-electron chi connectivity index (χ0n) is 14.2. The number of aryl methyl sites for hydroxylation is 1. The van der Waals surface area contributed by atoms with Crippen molar-refractivity contribution in [2.24, 2.45) is 0 Å². The van der Waals surface area contributed by atoms with Gasteiger partial charge in [0.05, 0.1) is 17.5 Å². The number of carbonyl (C=O) groups is 1. The van der Waals surface area contributed by atoms with Crippen LogP contribution in [0.3, 0.4) is 0 Å². The molecule has 1 amide bonds. The molecule has 0 aliphatic carbocycles. The Morgan fingerprint density at radius 1 is 1.12 bits per heavy atom. The van der Waals surface area contributed by atoms with E-state index in [1.165, 1.54) is 5.56 Å². The van der Waals surface area contributed by atoms with Crippen LogP contribution in [-0.4, -0.2) is 67.3 Å². The van der Waals surface area contributed by atoms with Crippen molar-refractivity contribution in [3.8, 4) is 0 Å². The van der Waals surface area contributed by atoms with Gasteiger partial charge in [-0.25, -0.2) is 8.42 Å². The molecular weight excluding hydrogens is 324 g/mol. The quantitative estimate of drug-likeness (QED) is 0.804. The Hall–Kier alpha value is -1.40. The van der Waals surface area contributed by atoms with Crippen LogP contribution in [0.25, 0.3) is 0 Å². The molecule has 0 aromatic heterocycles. The van der Waals surface area contributed by atoms with E-state index in [0.29, 0.717) is 13.0 Å². The minimum Gasteiger partial charge on any atom is -0.336 e. The first-order valence-electron chi connectivity index (χ1n) is 8.78. The van der Waals surface area contributed by atoms with Crippen molar-refractivity contribution in [1.29, 1.82) is 0 Å². The fraction of sp³-hybridized carbons (Fsp3) is 0.611. The summed E-state index contributed by atoms with van der Waals surface area (Å²) in [4.78, 5) is 16.2. The number of carbonyl (C=O) groups excluding carboxylic acids is 1. The Kier molecular flexibility index (Phi) is 5.25. The zero-order chi connectivity index (χ0) is 17.2. The molecule has 1 aromatic carbocycles. The standard InChI is InChI=1S/C18H26N2O3S/c1-2-18(21)20-12-11-19(16-13-24(22,23)14-17(16)20)10-6-9-15-7-4-3-5-8-15/h3-5,7-8,16-17H,2,6,9-14H2,1H3. The number of piperazine rings is 1. The molecule has 0 saturated carbocycles. The number of amides is 1. The Morgan fingerprint density at radius 2 is 1.83 bits per heavy atom. The van der Waals surface area contributed by atoms with Crippen molar-refractivity contribution in [2.45, 2.75) is 38.3 Å². The van der Waals surface area contributed by atoms with E-state index in [0.717, 1.165) is 25.9 Å². The predicted molar refractivity (Wildman–Crippen MR) is 94.6 cm³/mol. The first-order chi connectivity index (χ1) is 11.5. The summed E-state index contributed by atoms with van der Waals surface area (Å²) < 4.78 is 24.3. The van der Waals surface area contributed by atoms with Crippen molar-refractivity contribution in [1.82, 2.24) is 9.80 Å². The SMILES string of the molecule is CCC(=O)N1CCN(CCCc2ccccc2)C2CS(=O)(=O)CC21. The molecule has 1 aromatic rings. The fourth-order valence-electron chi connectivity index (χ4n) is 3.95. The molecule has 3 rings (SSSR count). The lowest BCUT2D eigenvalue weighted by Gasteiger charge is -2.44. The highest BCUT2D eigenvalue weighted by atomic mass is 32.2. The smallest absolute Gasteiger partial charge is 0.222 e. The molecule has 5 nitrogen and oxygen atoms in total. The van der Waals surface area contributed by atoms with E-state index < -0.39 is 9.84 Å². The molecule has 132 valence electrons. The van der Waals surface area contributed by atoms with E-state index in [1.54, 1.807) is 0 Å². The first kappa shape index (κ1) is 17.4. The van der Waals surface area contributed by atoms with Gasteiger partial charge in [-0.1, -0.05) is 37.3 Å². The molecule has 2 saturated heterocycles. The third-order valence-electron chi connectivity index (χ3n) is 5.17. The second-order valence-electron chi connectivity index (χ2n) is 6.78. The Labute approximate surface area is 144 Å². The average Bonchev–Trinajstić information content (AvgIpc) is 2.90. The van der Waals surface area contributed by atoms with E-state index in [9.17, 15) is 13.2 Å². The third kappa shape index (κ3) is 3.81. The maximum Gasteiger partial charge on any atom is 0.222 e. The van der Waals surface area contributed by atoms with E-state index >= 15 is 0 Å². The second-order valence-corrected chi connectivity index (χ2v) is 8.93. The normalized spacial score (nSPS) is 26.3. The second kappa shape index (κ2) is 7.23. The molecule has 2 aliphatic rings. The van der Waals surface area contributed by atoms with Crippen LogP contribution in [0.4, 0.5) is 0 Å². The summed E-state index contributed by atoms with van der Waals surface area (Å²) in [6.07, 6.45) is 2.45. The Balaban J connectivity index is 1.64. The molecule has 2 heterocycles. The highest BCUT2D eigenvalue weighted by Crippen LogP contribution is 2.27. The van der Waals surface area contributed by atoms with E-state index in [2.05, 4.69) is 17.0 Å². The maximum absolute atomic E-state index is 12.1. The van der Waals surface area contributed by atoms with Gasteiger partial charge in [-0.15, -0.1) is 0 Å². The summed E-state index contributed by atoms with van der Waals surface area (Å²) in [5, 5.41) is 0. The molecule has 0 radical (unpaired) electrons. The number of rotatable bonds is 5.